The molecule has 6 heteroatoms. The van der Waals surface area contributed by atoms with Crippen LogP contribution in [0.5, 0.6) is 0 Å². The summed E-state index contributed by atoms with van der Waals surface area (Å²) in [6, 6.07) is 11.1. The van der Waals surface area contributed by atoms with Crippen molar-refractivity contribution in [2.24, 2.45) is 0 Å². The lowest BCUT2D eigenvalue weighted by Gasteiger charge is -2.12. The van der Waals surface area contributed by atoms with Gasteiger partial charge in [-0.2, -0.15) is 0 Å². The zero-order valence-corrected chi connectivity index (χ0v) is 14.2. The molecule has 2 aromatic rings. The van der Waals surface area contributed by atoms with Gasteiger partial charge in [-0.05, 0) is 44.2 Å². The molecule has 1 N–H and O–H groups in total. The molecule has 0 fully saturated rings. The predicted octanol–water partition coefficient (Wildman–Crippen LogP) is 4.80. The third-order valence-corrected chi connectivity index (χ3v) is 4.49. The number of amides is 1. The molecule has 3 nitrogen and oxygen atoms in total. The molecule has 23 heavy (non-hydrogen) atoms. The van der Waals surface area contributed by atoms with Gasteiger partial charge in [-0.15, -0.1) is 11.8 Å². The van der Waals surface area contributed by atoms with Crippen LogP contribution in [0.4, 0.5) is 10.1 Å². The normalized spacial score (nSPS) is 11.8. The third kappa shape index (κ3) is 4.81. The molecule has 0 aliphatic carbocycles. The van der Waals surface area contributed by atoms with Gasteiger partial charge in [-0.1, -0.05) is 23.7 Å². The summed E-state index contributed by atoms with van der Waals surface area (Å²) >= 11 is 7.01. The van der Waals surface area contributed by atoms with Gasteiger partial charge in [-0.25, -0.2) is 4.39 Å². The monoisotopic (exact) mass is 351 g/mol. The van der Waals surface area contributed by atoms with E-state index in [1.807, 2.05) is 0 Å². The molecule has 0 aliphatic rings. The van der Waals surface area contributed by atoms with Crippen LogP contribution >= 0.6 is 23.4 Å². The number of ketones is 1. The van der Waals surface area contributed by atoms with Gasteiger partial charge in [-0.3, -0.25) is 9.59 Å². The SMILES string of the molecule is CC(=O)c1cccc(NC(=O)[C@H](C)Sc2ccc(F)c(Cl)c2)c1. The fourth-order valence-corrected chi connectivity index (χ4v) is 3.02. The largest absolute Gasteiger partial charge is 0.325 e. The second-order valence-corrected chi connectivity index (χ2v) is 6.78. The van der Waals surface area contributed by atoms with Crippen molar-refractivity contribution < 1.29 is 14.0 Å². The van der Waals surface area contributed by atoms with Crippen LogP contribution in [0, 0.1) is 5.82 Å². The topological polar surface area (TPSA) is 46.2 Å². The Labute approximate surface area is 143 Å². The average molecular weight is 352 g/mol. The minimum atomic E-state index is -0.492. The summed E-state index contributed by atoms with van der Waals surface area (Å²) in [6.07, 6.45) is 0. The summed E-state index contributed by atoms with van der Waals surface area (Å²) in [6.45, 7) is 3.21. The van der Waals surface area contributed by atoms with Crippen LogP contribution in [0.1, 0.15) is 24.2 Å². The van der Waals surface area contributed by atoms with Gasteiger partial charge in [0.1, 0.15) is 5.82 Å². The number of thioether (sulfide) groups is 1. The van der Waals surface area contributed by atoms with Gasteiger partial charge in [0.2, 0.25) is 5.91 Å². The molecule has 1 amide bonds. The predicted molar refractivity (Wildman–Crippen MR) is 91.8 cm³/mol. The summed E-state index contributed by atoms with van der Waals surface area (Å²) in [7, 11) is 0. The first-order chi connectivity index (χ1) is 10.9. The van der Waals surface area contributed by atoms with Crippen molar-refractivity contribution in [3.63, 3.8) is 0 Å². The first kappa shape index (κ1) is 17.5. The molecule has 2 rings (SSSR count). The second kappa shape index (κ2) is 7.62. The number of halogens is 2. The quantitative estimate of drug-likeness (QED) is 0.621. The number of benzene rings is 2. The van der Waals surface area contributed by atoms with Crippen LogP contribution in [0.3, 0.4) is 0 Å². The van der Waals surface area contributed by atoms with Crippen molar-refractivity contribution in [3.8, 4) is 0 Å². The maximum atomic E-state index is 13.1. The minimum absolute atomic E-state index is 0.0248. The van der Waals surface area contributed by atoms with Gasteiger partial charge < -0.3 is 5.32 Å². The molecule has 0 aliphatic heterocycles. The Kier molecular flexibility index (Phi) is 5.80. The standard InChI is InChI=1S/C17H15ClFNO2S/c1-10(21)12-4-3-5-13(8-12)20-17(22)11(2)23-14-6-7-16(19)15(18)9-14/h3-9,11H,1-2H3,(H,20,22)/t11-/m0/s1. The van der Waals surface area contributed by atoms with Crippen molar-refractivity contribution in [1.82, 2.24) is 0 Å². The number of hydrogen-bond acceptors (Lipinski definition) is 3. The van der Waals surface area contributed by atoms with E-state index < -0.39 is 11.1 Å². The Morgan fingerprint density at radius 2 is 1.96 bits per heavy atom. The molecule has 0 saturated heterocycles. The van der Waals surface area contributed by atoms with E-state index in [1.165, 1.54) is 30.8 Å². The molecule has 0 saturated carbocycles. The van der Waals surface area contributed by atoms with E-state index in [9.17, 15) is 14.0 Å². The molecule has 0 aromatic heterocycles. The molecular weight excluding hydrogens is 337 g/mol. The van der Waals surface area contributed by atoms with E-state index in [4.69, 9.17) is 11.6 Å². The van der Waals surface area contributed by atoms with Gasteiger partial charge in [0.25, 0.3) is 0 Å². The van der Waals surface area contributed by atoms with Gasteiger partial charge >= 0.3 is 0 Å². The van der Waals surface area contributed by atoms with Gasteiger partial charge in [0, 0.05) is 16.1 Å². The first-order valence-electron chi connectivity index (χ1n) is 6.90. The van der Waals surface area contributed by atoms with Crippen LogP contribution in [-0.2, 0) is 4.79 Å². The first-order valence-corrected chi connectivity index (χ1v) is 8.16. The smallest absolute Gasteiger partial charge is 0.237 e. The van der Waals surface area contributed by atoms with Crippen molar-refractivity contribution in [1.29, 1.82) is 0 Å². The van der Waals surface area contributed by atoms with E-state index in [0.717, 1.165) is 0 Å². The van der Waals surface area contributed by atoms with Crippen molar-refractivity contribution in [2.75, 3.05) is 5.32 Å². The molecule has 0 radical (unpaired) electrons. The summed E-state index contributed by atoms with van der Waals surface area (Å²) in [4.78, 5) is 24.3. The number of carbonyl (C=O) groups is 2. The Morgan fingerprint density at radius 3 is 2.61 bits per heavy atom. The second-order valence-electron chi connectivity index (χ2n) is 4.96. The lowest BCUT2D eigenvalue weighted by atomic mass is 10.1. The Hall–Kier alpha value is -1.85. The highest BCUT2D eigenvalue weighted by molar-refractivity contribution is 8.00. The number of rotatable bonds is 5. The lowest BCUT2D eigenvalue weighted by Crippen LogP contribution is -2.22. The highest BCUT2D eigenvalue weighted by atomic mass is 35.5. The van der Waals surface area contributed by atoms with Crippen LogP contribution < -0.4 is 5.32 Å². The van der Waals surface area contributed by atoms with Gasteiger partial charge in [0.05, 0.1) is 10.3 Å². The number of carbonyl (C=O) groups excluding carboxylic acids is 2. The molecule has 1 atom stereocenters. The maximum absolute atomic E-state index is 13.1. The van der Waals surface area contributed by atoms with Crippen LogP contribution in [0.25, 0.3) is 0 Å². The van der Waals surface area contributed by atoms with Crippen LogP contribution in [-0.4, -0.2) is 16.9 Å². The Morgan fingerprint density at radius 1 is 1.22 bits per heavy atom. The molecule has 0 spiro atoms. The summed E-state index contributed by atoms with van der Waals surface area (Å²) < 4.78 is 13.1. The van der Waals surface area contributed by atoms with E-state index in [2.05, 4.69) is 5.32 Å². The summed E-state index contributed by atoms with van der Waals surface area (Å²) in [5.41, 5.74) is 1.10. The molecule has 0 bridgehead atoms. The number of nitrogens with one attached hydrogen (secondary N) is 1. The highest BCUT2D eigenvalue weighted by Crippen LogP contribution is 2.28. The van der Waals surface area contributed by atoms with Crippen molar-refractivity contribution in [2.45, 2.75) is 24.0 Å². The Bertz CT molecular complexity index is 751. The zero-order valence-electron chi connectivity index (χ0n) is 12.6. The molecule has 120 valence electrons. The number of anilines is 1. The van der Waals surface area contributed by atoms with Crippen molar-refractivity contribution in [3.05, 3.63) is 58.9 Å². The molecule has 2 aromatic carbocycles. The third-order valence-electron chi connectivity index (χ3n) is 3.11. The molecule has 0 heterocycles. The number of hydrogen-bond donors (Lipinski definition) is 1. The highest BCUT2D eigenvalue weighted by Gasteiger charge is 2.15. The number of Topliss-reactive ketones (excluding diaryl/α,β-unsaturated/α-hetero) is 1. The van der Waals surface area contributed by atoms with E-state index in [-0.39, 0.29) is 16.7 Å². The molecular formula is C17H15ClFNO2S. The average Bonchev–Trinajstić information content (AvgIpc) is 2.51. The van der Waals surface area contributed by atoms with E-state index in [0.29, 0.717) is 16.1 Å². The lowest BCUT2D eigenvalue weighted by molar-refractivity contribution is -0.115. The molecule has 0 unspecified atom stereocenters. The summed E-state index contributed by atoms with van der Waals surface area (Å²) in [5, 5.41) is 2.38. The van der Waals surface area contributed by atoms with E-state index >= 15 is 0 Å². The van der Waals surface area contributed by atoms with Gasteiger partial charge in [0.15, 0.2) is 5.78 Å². The van der Waals surface area contributed by atoms with Crippen LogP contribution in [0.2, 0.25) is 5.02 Å². The van der Waals surface area contributed by atoms with Crippen molar-refractivity contribution >= 4 is 40.7 Å². The van der Waals surface area contributed by atoms with E-state index in [1.54, 1.807) is 37.3 Å². The Balaban J connectivity index is 2.03. The fourth-order valence-electron chi connectivity index (χ4n) is 1.87. The fraction of sp³-hybridized carbons (Fsp3) is 0.176. The van der Waals surface area contributed by atoms with Crippen LogP contribution in [0.15, 0.2) is 47.4 Å². The summed E-state index contributed by atoms with van der Waals surface area (Å²) in [5.74, 6) is -0.769. The maximum Gasteiger partial charge on any atom is 0.237 e. The zero-order chi connectivity index (χ0) is 17.0. The minimum Gasteiger partial charge on any atom is -0.325 e.